The Bertz CT molecular complexity index is 476. The molecule has 0 unspecified atom stereocenters. The molecule has 1 N–H and O–H groups in total. The lowest BCUT2D eigenvalue weighted by Gasteiger charge is -2.34. The molecule has 1 amide bonds. The first kappa shape index (κ1) is 13.1. The van der Waals surface area contributed by atoms with Crippen molar-refractivity contribution in [2.45, 2.75) is 44.6 Å². The van der Waals surface area contributed by atoms with E-state index in [9.17, 15) is 9.90 Å². The molecule has 3 nitrogen and oxygen atoms in total. The summed E-state index contributed by atoms with van der Waals surface area (Å²) in [5.41, 5.74) is 2.24. The quantitative estimate of drug-likeness (QED) is 0.923. The van der Waals surface area contributed by atoms with E-state index in [1.165, 1.54) is 23.3 Å². The molecule has 1 heterocycles. The molecule has 1 fully saturated rings. The molecule has 4 heteroatoms. The van der Waals surface area contributed by atoms with E-state index in [1.807, 2.05) is 17.3 Å². The molecule has 19 heavy (non-hydrogen) atoms. The van der Waals surface area contributed by atoms with Crippen molar-refractivity contribution >= 4 is 17.2 Å². The van der Waals surface area contributed by atoms with Gasteiger partial charge in [-0.3, -0.25) is 4.79 Å². The van der Waals surface area contributed by atoms with Crippen molar-refractivity contribution in [3.05, 3.63) is 21.4 Å². The number of aliphatic hydroxyl groups excluding tert-OH is 1. The first-order chi connectivity index (χ1) is 9.15. The summed E-state index contributed by atoms with van der Waals surface area (Å²) in [5, 5.41) is 11.4. The first-order valence-corrected chi connectivity index (χ1v) is 8.06. The molecule has 2 aliphatic rings. The number of carbonyl (C=O) groups excluding carboxylic acids is 1. The Morgan fingerprint density at radius 3 is 2.89 bits per heavy atom. The summed E-state index contributed by atoms with van der Waals surface area (Å²) in [4.78, 5) is 15.8. The fraction of sp³-hybridized carbons (Fsp3) is 0.667. The topological polar surface area (TPSA) is 40.5 Å². The number of rotatable bonds is 3. The van der Waals surface area contributed by atoms with Gasteiger partial charge in [-0.2, -0.15) is 0 Å². The monoisotopic (exact) mass is 279 g/mol. The normalized spacial score (nSPS) is 25.6. The molecule has 0 radical (unpaired) electrons. The predicted octanol–water partition coefficient (Wildman–Crippen LogP) is 2.47. The van der Waals surface area contributed by atoms with Gasteiger partial charge >= 0.3 is 0 Å². The van der Waals surface area contributed by atoms with E-state index in [2.05, 4.69) is 0 Å². The summed E-state index contributed by atoms with van der Waals surface area (Å²) in [6.07, 6.45) is 6.24. The smallest absolute Gasteiger partial charge is 0.254 e. The van der Waals surface area contributed by atoms with Crippen LogP contribution in [0.2, 0.25) is 0 Å². The van der Waals surface area contributed by atoms with Crippen LogP contribution < -0.4 is 0 Å². The van der Waals surface area contributed by atoms with Crippen molar-refractivity contribution in [2.24, 2.45) is 5.92 Å². The van der Waals surface area contributed by atoms with Crippen molar-refractivity contribution in [3.8, 4) is 0 Å². The highest BCUT2D eigenvalue weighted by molar-refractivity contribution is 7.10. The molecule has 0 bridgehead atoms. The van der Waals surface area contributed by atoms with Crippen molar-refractivity contribution in [3.63, 3.8) is 0 Å². The van der Waals surface area contributed by atoms with E-state index < -0.39 is 0 Å². The van der Waals surface area contributed by atoms with Gasteiger partial charge < -0.3 is 10.0 Å². The molecular formula is C15H21NO2S. The molecular weight excluding hydrogens is 258 g/mol. The van der Waals surface area contributed by atoms with Gasteiger partial charge in [0, 0.05) is 23.8 Å². The van der Waals surface area contributed by atoms with Gasteiger partial charge in [0.1, 0.15) is 0 Å². The maximum absolute atomic E-state index is 12.5. The van der Waals surface area contributed by atoms with E-state index in [0.29, 0.717) is 5.92 Å². The Balaban J connectivity index is 1.67. The number of hydrogen-bond donors (Lipinski definition) is 1. The van der Waals surface area contributed by atoms with E-state index in [0.717, 1.165) is 37.8 Å². The van der Waals surface area contributed by atoms with E-state index >= 15 is 0 Å². The standard InChI is InChI=1S/C15H21NO2S/c1-16(8-10-6-11(17)7-10)15(18)13-9-19-14-5-3-2-4-12(13)14/h9-11,17H,2-8H2,1H3. The zero-order chi connectivity index (χ0) is 13.4. The van der Waals surface area contributed by atoms with Crippen LogP contribution in [0, 0.1) is 5.92 Å². The van der Waals surface area contributed by atoms with Crippen molar-refractivity contribution in [1.29, 1.82) is 0 Å². The molecule has 0 aromatic carbocycles. The molecule has 0 spiro atoms. The predicted molar refractivity (Wildman–Crippen MR) is 76.7 cm³/mol. The van der Waals surface area contributed by atoms with Crippen LogP contribution in [-0.4, -0.2) is 35.6 Å². The van der Waals surface area contributed by atoms with Crippen LogP contribution in [-0.2, 0) is 12.8 Å². The number of aliphatic hydroxyl groups is 1. The Labute approximate surface area is 118 Å². The molecule has 1 aromatic heterocycles. The molecule has 0 saturated heterocycles. The largest absolute Gasteiger partial charge is 0.393 e. The van der Waals surface area contributed by atoms with Crippen LogP contribution in [0.15, 0.2) is 5.38 Å². The lowest BCUT2D eigenvalue weighted by Crippen LogP contribution is -2.39. The lowest BCUT2D eigenvalue weighted by atomic mass is 9.82. The highest BCUT2D eigenvalue weighted by atomic mass is 32.1. The molecule has 1 saturated carbocycles. The van der Waals surface area contributed by atoms with E-state index in [4.69, 9.17) is 0 Å². The third-order valence-electron chi connectivity index (χ3n) is 4.38. The second-order valence-electron chi connectivity index (χ2n) is 5.94. The number of nitrogens with zero attached hydrogens (tertiary/aromatic N) is 1. The summed E-state index contributed by atoms with van der Waals surface area (Å²) in [5.74, 6) is 0.652. The van der Waals surface area contributed by atoms with Gasteiger partial charge in [0.25, 0.3) is 5.91 Å². The summed E-state index contributed by atoms with van der Waals surface area (Å²) in [6, 6.07) is 0. The fourth-order valence-corrected chi connectivity index (χ4v) is 4.32. The third kappa shape index (κ3) is 2.56. The molecule has 0 aliphatic heterocycles. The molecule has 1 aromatic rings. The Morgan fingerprint density at radius 2 is 2.16 bits per heavy atom. The maximum atomic E-state index is 12.5. The minimum Gasteiger partial charge on any atom is -0.393 e. The second kappa shape index (κ2) is 5.25. The maximum Gasteiger partial charge on any atom is 0.254 e. The molecule has 2 aliphatic carbocycles. The zero-order valence-corrected chi connectivity index (χ0v) is 12.2. The summed E-state index contributed by atoms with van der Waals surface area (Å²) in [7, 11) is 1.89. The van der Waals surface area contributed by atoms with Crippen LogP contribution in [0.3, 0.4) is 0 Å². The number of thiophene rings is 1. The van der Waals surface area contributed by atoms with Gasteiger partial charge in [-0.15, -0.1) is 11.3 Å². The minimum absolute atomic E-state index is 0.137. The Morgan fingerprint density at radius 1 is 1.42 bits per heavy atom. The van der Waals surface area contributed by atoms with Crippen LogP contribution in [0.5, 0.6) is 0 Å². The Hall–Kier alpha value is -0.870. The number of amides is 1. The molecule has 0 atom stereocenters. The van der Waals surface area contributed by atoms with Crippen LogP contribution in [0.1, 0.15) is 46.5 Å². The van der Waals surface area contributed by atoms with Crippen molar-refractivity contribution in [1.82, 2.24) is 4.90 Å². The van der Waals surface area contributed by atoms with Crippen LogP contribution >= 0.6 is 11.3 Å². The lowest BCUT2D eigenvalue weighted by molar-refractivity contribution is 0.0265. The molecule has 3 rings (SSSR count). The van der Waals surface area contributed by atoms with Gasteiger partial charge in [-0.25, -0.2) is 0 Å². The van der Waals surface area contributed by atoms with E-state index in [1.54, 1.807) is 11.3 Å². The molecule has 104 valence electrons. The van der Waals surface area contributed by atoms with Gasteiger partial charge in [0.2, 0.25) is 0 Å². The van der Waals surface area contributed by atoms with Gasteiger partial charge in [0.15, 0.2) is 0 Å². The second-order valence-corrected chi connectivity index (χ2v) is 6.90. The summed E-state index contributed by atoms with van der Waals surface area (Å²) < 4.78 is 0. The highest BCUT2D eigenvalue weighted by Gasteiger charge is 2.30. The van der Waals surface area contributed by atoms with Gasteiger partial charge in [0.05, 0.1) is 11.7 Å². The van der Waals surface area contributed by atoms with Crippen LogP contribution in [0.4, 0.5) is 0 Å². The number of carbonyl (C=O) groups is 1. The average molecular weight is 279 g/mol. The number of aryl methyl sites for hydroxylation is 1. The summed E-state index contributed by atoms with van der Waals surface area (Å²) >= 11 is 1.75. The van der Waals surface area contributed by atoms with Crippen molar-refractivity contribution < 1.29 is 9.90 Å². The minimum atomic E-state index is -0.137. The van der Waals surface area contributed by atoms with Crippen LogP contribution in [0.25, 0.3) is 0 Å². The van der Waals surface area contributed by atoms with Crippen molar-refractivity contribution in [2.75, 3.05) is 13.6 Å². The third-order valence-corrected chi connectivity index (χ3v) is 5.47. The zero-order valence-electron chi connectivity index (χ0n) is 11.4. The highest BCUT2D eigenvalue weighted by Crippen LogP contribution is 2.32. The van der Waals surface area contributed by atoms with E-state index in [-0.39, 0.29) is 12.0 Å². The summed E-state index contributed by atoms with van der Waals surface area (Å²) in [6.45, 7) is 0.778. The number of fused-ring (bicyclic) bond motifs is 1. The number of hydrogen-bond acceptors (Lipinski definition) is 3. The average Bonchev–Trinajstić information content (AvgIpc) is 2.79. The fourth-order valence-electron chi connectivity index (χ4n) is 3.20. The SMILES string of the molecule is CN(CC1CC(O)C1)C(=O)c1csc2c1CCCC2. The van der Waals surface area contributed by atoms with Gasteiger partial charge in [-0.1, -0.05) is 0 Å². The first-order valence-electron chi connectivity index (χ1n) is 7.18. The Kier molecular flexibility index (Phi) is 3.63. The van der Waals surface area contributed by atoms with Gasteiger partial charge in [-0.05, 0) is 50.0 Å².